The van der Waals surface area contributed by atoms with E-state index in [1.54, 1.807) is 12.1 Å². The first-order chi connectivity index (χ1) is 11.9. The minimum Gasteiger partial charge on any atom is -0.296 e. The third-order valence-corrected chi connectivity index (χ3v) is 7.10. The number of fused-ring (bicyclic) bond motifs is 1. The average Bonchev–Trinajstić information content (AvgIpc) is 3.43. The molecule has 0 spiro atoms. The summed E-state index contributed by atoms with van der Waals surface area (Å²) in [7, 11) is -2.56. The van der Waals surface area contributed by atoms with Gasteiger partial charge in [0.2, 0.25) is 10.0 Å². The number of hydrogen-bond donors (Lipinski definition) is 0. The Morgan fingerprint density at radius 1 is 1.04 bits per heavy atom. The highest BCUT2D eigenvalue weighted by Crippen LogP contribution is 2.51. The highest BCUT2D eigenvalue weighted by atomic mass is 32.2. The number of sulfonamides is 1. The average molecular weight is 355 g/mol. The minimum atomic E-state index is -3.87. The Balaban J connectivity index is 1.82. The molecule has 0 aromatic heterocycles. The number of likely N-dealkylation sites (N-methyl/N-ethyl adjacent to an activating group) is 1. The van der Waals surface area contributed by atoms with Gasteiger partial charge >= 0.3 is 0 Å². The van der Waals surface area contributed by atoms with E-state index in [0.29, 0.717) is 12.8 Å². The summed E-state index contributed by atoms with van der Waals surface area (Å²) >= 11 is 0. The van der Waals surface area contributed by atoms with Crippen LogP contribution < -0.4 is 0 Å². The third-order valence-electron chi connectivity index (χ3n) is 5.22. The van der Waals surface area contributed by atoms with Crippen LogP contribution in [0.4, 0.5) is 0 Å². The zero-order valence-corrected chi connectivity index (χ0v) is 14.5. The van der Waals surface area contributed by atoms with Crippen molar-refractivity contribution in [1.29, 1.82) is 0 Å². The Bertz CT molecular complexity index is 977. The van der Waals surface area contributed by atoms with Gasteiger partial charge in [-0.15, -0.1) is 0 Å². The van der Waals surface area contributed by atoms with Crippen LogP contribution in [-0.2, 0) is 20.2 Å². The van der Waals surface area contributed by atoms with E-state index in [1.165, 1.54) is 19.2 Å². The summed E-state index contributed by atoms with van der Waals surface area (Å²) in [4.78, 5) is 26.2. The summed E-state index contributed by atoms with van der Waals surface area (Å²) in [5, 5.41) is 0. The van der Waals surface area contributed by atoms with Crippen LogP contribution in [0.25, 0.3) is 0 Å². The molecule has 0 radical (unpaired) electrons. The number of benzene rings is 2. The highest BCUT2D eigenvalue weighted by molar-refractivity contribution is 7.89. The molecule has 5 nitrogen and oxygen atoms in total. The standard InChI is InChI=1S/C19H17NO4S/c1-20-16(17(21)14-9-5-6-10-15(14)25(20,23)24)18(22)19(11-12-19)13-7-3-2-4-8-13/h2-10,16H,11-12H2,1H3. The largest absolute Gasteiger partial charge is 0.296 e. The van der Waals surface area contributed by atoms with Crippen molar-refractivity contribution in [2.24, 2.45) is 0 Å². The molecule has 2 aromatic rings. The second kappa shape index (κ2) is 5.34. The fourth-order valence-corrected chi connectivity index (χ4v) is 5.08. The lowest BCUT2D eigenvalue weighted by atomic mass is 9.85. The summed E-state index contributed by atoms with van der Waals surface area (Å²) in [5.41, 5.74) is 0.192. The summed E-state index contributed by atoms with van der Waals surface area (Å²) in [6, 6.07) is 14.1. The lowest BCUT2D eigenvalue weighted by molar-refractivity contribution is -0.123. The SMILES string of the molecule is CN1C(C(=O)C2(c3ccccc3)CC2)C(=O)c2ccccc2S1(=O)=O. The molecule has 2 aromatic carbocycles. The van der Waals surface area contributed by atoms with Crippen molar-refractivity contribution in [2.75, 3.05) is 7.05 Å². The van der Waals surface area contributed by atoms with E-state index in [9.17, 15) is 18.0 Å². The Morgan fingerprint density at radius 3 is 2.28 bits per heavy atom. The van der Waals surface area contributed by atoms with Gasteiger partial charge in [0, 0.05) is 12.6 Å². The number of carbonyl (C=O) groups excluding carboxylic acids is 2. The van der Waals surface area contributed by atoms with Crippen LogP contribution in [0.5, 0.6) is 0 Å². The maximum atomic E-state index is 13.3. The van der Waals surface area contributed by atoms with Gasteiger partial charge in [-0.1, -0.05) is 42.5 Å². The number of Topliss-reactive ketones (excluding diaryl/α,β-unsaturated/α-hetero) is 2. The van der Waals surface area contributed by atoms with E-state index in [0.717, 1.165) is 9.87 Å². The van der Waals surface area contributed by atoms with Crippen LogP contribution in [0.15, 0.2) is 59.5 Å². The molecule has 1 saturated carbocycles. The molecule has 6 heteroatoms. The second-order valence-electron chi connectivity index (χ2n) is 6.60. The highest BCUT2D eigenvalue weighted by Gasteiger charge is 2.58. The van der Waals surface area contributed by atoms with E-state index in [-0.39, 0.29) is 16.2 Å². The summed E-state index contributed by atoms with van der Waals surface area (Å²) in [6.45, 7) is 0. The Morgan fingerprint density at radius 2 is 1.64 bits per heavy atom. The van der Waals surface area contributed by atoms with Gasteiger partial charge in [-0.25, -0.2) is 8.42 Å². The molecule has 0 N–H and O–H groups in total. The van der Waals surface area contributed by atoms with E-state index in [1.807, 2.05) is 30.3 Å². The van der Waals surface area contributed by atoms with E-state index >= 15 is 0 Å². The maximum absolute atomic E-state index is 13.3. The Labute approximate surface area is 146 Å². The van der Waals surface area contributed by atoms with Crippen molar-refractivity contribution in [1.82, 2.24) is 4.31 Å². The lowest BCUT2D eigenvalue weighted by Gasteiger charge is -2.33. The van der Waals surface area contributed by atoms with Crippen LogP contribution in [-0.4, -0.2) is 37.4 Å². The number of hydrogen-bond acceptors (Lipinski definition) is 4. The molecular weight excluding hydrogens is 338 g/mol. The van der Waals surface area contributed by atoms with Crippen molar-refractivity contribution < 1.29 is 18.0 Å². The smallest absolute Gasteiger partial charge is 0.244 e. The molecule has 0 saturated heterocycles. The minimum absolute atomic E-state index is 0.0314. The molecule has 1 aliphatic heterocycles. The predicted octanol–water partition coefficient (Wildman–Crippen LogP) is 2.17. The Kier molecular flexibility index (Phi) is 3.46. The van der Waals surface area contributed by atoms with Crippen molar-refractivity contribution in [2.45, 2.75) is 29.2 Å². The fourth-order valence-electron chi connectivity index (χ4n) is 3.61. The quantitative estimate of drug-likeness (QED) is 0.791. The molecule has 1 unspecified atom stereocenters. The van der Waals surface area contributed by atoms with Crippen LogP contribution in [0.2, 0.25) is 0 Å². The molecular formula is C19H17NO4S. The van der Waals surface area contributed by atoms with Gasteiger partial charge in [0.1, 0.15) is 6.04 Å². The van der Waals surface area contributed by atoms with Gasteiger partial charge in [0.05, 0.1) is 10.3 Å². The first-order valence-corrected chi connectivity index (χ1v) is 9.55. The van der Waals surface area contributed by atoms with Gasteiger partial charge in [0.15, 0.2) is 11.6 Å². The summed E-state index contributed by atoms with van der Waals surface area (Å²) in [6.07, 6.45) is 1.27. The second-order valence-corrected chi connectivity index (χ2v) is 8.56. The van der Waals surface area contributed by atoms with Crippen molar-refractivity contribution in [3.8, 4) is 0 Å². The molecule has 2 aliphatic rings. The van der Waals surface area contributed by atoms with Crippen LogP contribution in [0, 0.1) is 0 Å². The van der Waals surface area contributed by atoms with E-state index in [4.69, 9.17) is 0 Å². The van der Waals surface area contributed by atoms with Gasteiger partial charge in [-0.2, -0.15) is 4.31 Å². The molecule has 4 rings (SSSR count). The first kappa shape index (κ1) is 16.2. The molecule has 0 amide bonds. The fraction of sp³-hybridized carbons (Fsp3) is 0.263. The molecule has 1 atom stereocenters. The maximum Gasteiger partial charge on any atom is 0.244 e. The molecule has 25 heavy (non-hydrogen) atoms. The van der Waals surface area contributed by atoms with Crippen molar-refractivity contribution >= 4 is 21.6 Å². The predicted molar refractivity (Wildman–Crippen MR) is 91.9 cm³/mol. The van der Waals surface area contributed by atoms with Crippen LogP contribution in [0.3, 0.4) is 0 Å². The lowest BCUT2D eigenvalue weighted by Crippen LogP contribution is -2.54. The van der Waals surface area contributed by atoms with Crippen molar-refractivity contribution in [3.63, 3.8) is 0 Å². The molecule has 1 fully saturated rings. The normalized spacial score (nSPS) is 23.7. The zero-order chi connectivity index (χ0) is 17.8. The molecule has 128 valence electrons. The van der Waals surface area contributed by atoms with E-state index < -0.39 is 27.3 Å². The van der Waals surface area contributed by atoms with Gasteiger partial charge < -0.3 is 0 Å². The van der Waals surface area contributed by atoms with Gasteiger partial charge in [-0.3, -0.25) is 9.59 Å². The molecule has 1 heterocycles. The van der Waals surface area contributed by atoms with Crippen molar-refractivity contribution in [3.05, 3.63) is 65.7 Å². The number of rotatable bonds is 3. The van der Waals surface area contributed by atoms with Crippen LogP contribution >= 0.6 is 0 Å². The number of ketones is 2. The van der Waals surface area contributed by atoms with Gasteiger partial charge in [0.25, 0.3) is 0 Å². The van der Waals surface area contributed by atoms with Crippen LogP contribution in [0.1, 0.15) is 28.8 Å². The number of nitrogens with zero attached hydrogens (tertiary/aromatic N) is 1. The third kappa shape index (κ3) is 2.21. The van der Waals surface area contributed by atoms with E-state index in [2.05, 4.69) is 0 Å². The first-order valence-electron chi connectivity index (χ1n) is 8.11. The topological polar surface area (TPSA) is 71.5 Å². The number of carbonyl (C=O) groups is 2. The molecule has 1 aliphatic carbocycles. The zero-order valence-electron chi connectivity index (χ0n) is 13.7. The summed E-state index contributed by atoms with van der Waals surface area (Å²) < 4.78 is 26.5. The monoisotopic (exact) mass is 355 g/mol. The molecule has 0 bridgehead atoms. The Hall–Kier alpha value is -2.31. The summed E-state index contributed by atoms with van der Waals surface area (Å²) in [5.74, 6) is -0.774. The van der Waals surface area contributed by atoms with Gasteiger partial charge in [-0.05, 0) is 30.5 Å².